The van der Waals surface area contributed by atoms with Crippen molar-refractivity contribution in [2.24, 2.45) is 4.99 Å². The fraction of sp³-hybridized carbons (Fsp3) is 0.500. The number of carbonyl (C=O) groups excluding carboxylic acids is 1. The van der Waals surface area contributed by atoms with Gasteiger partial charge in [-0.2, -0.15) is 4.39 Å². The molecule has 27 heavy (non-hydrogen) atoms. The van der Waals surface area contributed by atoms with Crippen LogP contribution in [-0.4, -0.2) is 41.2 Å². The quantitative estimate of drug-likeness (QED) is 0.632. The number of hydrogen-bond donors (Lipinski definition) is 1. The maximum atomic E-state index is 14.2. The average Bonchev–Trinajstić information content (AvgIpc) is 2.50. The average molecular weight is 389 g/mol. The van der Waals surface area contributed by atoms with Crippen LogP contribution in [0.4, 0.5) is 23.7 Å². The summed E-state index contributed by atoms with van der Waals surface area (Å²) in [6.45, 7) is 3.73. The second-order valence-corrected chi connectivity index (χ2v) is 6.84. The van der Waals surface area contributed by atoms with Crippen molar-refractivity contribution in [1.82, 2.24) is 5.32 Å². The van der Waals surface area contributed by atoms with Gasteiger partial charge >= 0.3 is 17.7 Å². The van der Waals surface area contributed by atoms with Crippen molar-refractivity contribution >= 4 is 17.8 Å². The van der Waals surface area contributed by atoms with Crippen LogP contribution in [0.5, 0.6) is 0 Å². The molecule has 0 bridgehead atoms. The van der Waals surface area contributed by atoms with E-state index in [1.165, 1.54) is 6.07 Å². The van der Waals surface area contributed by atoms with Crippen molar-refractivity contribution in [3.05, 3.63) is 39.7 Å². The molecule has 148 valence electrons. The minimum Gasteiger partial charge on any atom is -0.458 e. The number of carbonyl (C=O) groups is 1. The van der Waals surface area contributed by atoms with E-state index in [4.69, 9.17) is 9.47 Å². The fourth-order valence-electron chi connectivity index (χ4n) is 2.26. The molecule has 1 N–H and O–H groups in total. The summed E-state index contributed by atoms with van der Waals surface area (Å²) in [5, 5.41) is 12.9. The molecule has 1 aliphatic rings. The monoisotopic (exact) mass is 389 g/mol. The Morgan fingerprint density at radius 1 is 1.48 bits per heavy atom. The zero-order chi connectivity index (χ0) is 20.4. The molecule has 8 nitrogen and oxygen atoms in total. The number of amides is 1. The Labute approximate surface area is 152 Å². The molecule has 1 aromatic carbocycles. The summed E-state index contributed by atoms with van der Waals surface area (Å²) in [5.41, 5.74) is -1.94. The molecule has 2 rings (SSSR count). The molecular formula is C16H18F3N3O5. The van der Waals surface area contributed by atoms with Gasteiger partial charge in [0.1, 0.15) is 11.6 Å². The number of nitrogens with one attached hydrogen (secondary N) is 1. The van der Waals surface area contributed by atoms with Gasteiger partial charge < -0.3 is 9.47 Å². The van der Waals surface area contributed by atoms with Gasteiger partial charge in [0, 0.05) is 12.5 Å². The van der Waals surface area contributed by atoms with Crippen LogP contribution in [0.2, 0.25) is 0 Å². The van der Waals surface area contributed by atoms with Crippen molar-refractivity contribution in [2.45, 2.75) is 44.8 Å². The van der Waals surface area contributed by atoms with Gasteiger partial charge in [0.2, 0.25) is 5.82 Å². The number of nitro groups is 1. The van der Waals surface area contributed by atoms with Crippen molar-refractivity contribution in [2.75, 3.05) is 6.61 Å². The van der Waals surface area contributed by atoms with E-state index in [1.807, 2.05) is 0 Å². The largest absolute Gasteiger partial charge is 0.458 e. The SMILES string of the molecule is CC(C)(C)OC(=O)NC1=N[C@H](Cc2cccc([N+](=O)[O-])c2F)C(F)(F)CO1. The molecule has 0 unspecified atom stereocenters. The van der Waals surface area contributed by atoms with Gasteiger partial charge in [-0.1, -0.05) is 12.1 Å². The first kappa shape index (κ1) is 20.5. The molecule has 0 aliphatic carbocycles. The van der Waals surface area contributed by atoms with Crippen LogP contribution in [0, 0.1) is 15.9 Å². The molecule has 1 heterocycles. The van der Waals surface area contributed by atoms with Gasteiger partial charge in [0.05, 0.1) is 4.92 Å². The third-order valence-electron chi connectivity index (χ3n) is 3.44. The van der Waals surface area contributed by atoms with E-state index in [9.17, 15) is 28.1 Å². The maximum Gasteiger partial charge on any atom is 0.415 e. The minimum absolute atomic E-state index is 0.295. The molecule has 1 aromatic rings. The Kier molecular flexibility index (Phi) is 5.62. The summed E-state index contributed by atoms with van der Waals surface area (Å²) in [6.07, 6.45) is -1.57. The molecule has 1 aliphatic heterocycles. The highest BCUT2D eigenvalue weighted by Crippen LogP contribution is 2.30. The van der Waals surface area contributed by atoms with Gasteiger partial charge in [-0.3, -0.25) is 10.1 Å². The highest BCUT2D eigenvalue weighted by atomic mass is 19.3. The highest BCUT2D eigenvalue weighted by Gasteiger charge is 2.45. The predicted octanol–water partition coefficient (Wildman–Crippen LogP) is 3.19. The molecule has 0 fully saturated rings. The second-order valence-electron chi connectivity index (χ2n) is 6.84. The van der Waals surface area contributed by atoms with Gasteiger partial charge in [0.25, 0.3) is 6.02 Å². The van der Waals surface area contributed by atoms with Gasteiger partial charge in [-0.05, 0) is 26.3 Å². The number of alkyl halides is 2. The van der Waals surface area contributed by atoms with E-state index >= 15 is 0 Å². The number of amidine groups is 1. The zero-order valence-electron chi connectivity index (χ0n) is 14.8. The number of benzene rings is 1. The lowest BCUT2D eigenvalue weighted by molar-refractivity contribution is -0.387. The Hall–Kier alpha value is -2.85. The van der Waals surface area contributed by atoms with Crippen molar-refractivity contribution in [1.29, 1.82) is 0 Å². The molecule has 1 atom stereocenters. The molecule has 0 saturated heterocycles. The van der Waals surface area contributed by atoms with Crippen LogP contribution in [-0.2, 0) is 15.9 Å². The van der Waals surface area contributed by atoms with Crippen LogP contribution >= 0.6 is 0 Å². The Morgan fingerprint density at radius 3 is 2.74 bits per heavy atom. The van der Waals surface area contributed by atoms with Gasteiger partial charge in [0.15, 0.2) is 6.61 Å². The normalized spacial score (nSPS) is 18.9. The number of hydrogen-bond acceptors (Lipinski definition) is 6. The Morgan fingerprint density at radius 2 is 2.15 bits per heavy atom. The van der Waals surface area contributed by atoms with Crippen molar-refractivity contribution in [3.8, 4) is 0 Å². The first-order chi connectivity index (χ1) is 12.4. The maximum absolute atomic E-state index is 14.2. The molecule has 1 amide bonds. The van der Waals surface area contributed by atoms with E-state index < -0.39 is 59.1 Å². The molecule has 0 radical (unpaired) electrons. The van der Waals surface area contributed by atoms with Crippen LogP contribution < -0.4 is 5.32 Å². The molecule has 0 saturated carbocycles. The van der Waals surface area contributed by atoms with E-state index in [2.05, 4.69) is 10.3 Å². The van der Waals surface area contributed by atoms with E-state index in [0.717, 1.165) is 12.1 Å². The highest BCUT2D eigenvalue weighted by molar-refractivity contribution is 5.91. The Bertz CT molecular complexity index is 777. The van der Waals surface area contributed by atoms with Crippen LogP contribution in [0.3, 0.4) is 0 Å². The topological polar surface area (TPSA) is 103 Å². The summed E-state index contributed by atoms with van der Waals surface area (Å²) in [5.74, 6) is -4.67. The zero-order valence-corrected chi connectivity index (χ0v) is 14.8. The number of alkyl carbamates (subject to hydrolysis) is 1. The van der Waals surface area contributed by atoms with Crippen LogP contribution in [0.1, 0.15) is 26.3 Å². The predicted molar refractivity (Wildman–Crippen MR) is 88.3 cm³/mol. The summed E-state index contributed by atoms with van der Waals surface area (Å²) in [4.78, 5) is 25.2. The van der Waals surface area contributed by atoms with E-state index in [1.54, 1.807) is 20.8 Å². The van der Waals surface area contributed by atoms with E-state index in [-0.39, 0.29) is 5.56 Å². The number of rotatable bonds is 3. The third kappa shape index (κ3) is 5.31. The van der Waals surface area contributed by atoms with Crippen LogP contribution in [0.15, 0.2) is 23.2 Å². The van der Waals surface area contributed by atoms with Gasteiger partial charge in [-0.15, -0.1) is 0 Å². The Balaban J connectivity index is 2.22. The molecule has 11 heteroatoms. The number of nitro benzene ring substituents is 1. The summed E-state index contributed by atoms with van der Waals surface area (Å²) in [7, 11) is 0. The number of halogens is 3. The number of aliphatic imine (C=N–C) groups is 1. The lowest BCUT2D eigenvalue weighted by Crippen LogP contribution is -2.48. The standard InChI is InChI=1S/C16H18F3N3O5/c1-15(2,3)27-14(23)21-13-20-11(16(18,19)8-26-13)7-9-5-4-6-10(12(9)17)22(24)25/h4-6,11H,7-8H2,1-3H3,(H,20,21,23)/t11-/m1/s1. The lowest BCUT2D eigenvalue weighted by atomic mass is 10.00. The minimum atomic E-state index is -3.46. The van der Waals surface area contributed by atoms with Crippen molar-refractivity contribution < 1.29 is 32.4 Å². The summed E-state index contributed by atoms with van der Waals surface area (Å²) < 4.78 is 52.1. The van der Waals surface area contributed by atoms with Gasteiger partial charge in [-0.25, -0.2) is 23.9 Å². The lowest BCUT2D eigenvalue weighted by Gasteiger charge is -2.29. The van der Waals surface area contributed by atoms with E-state index in [0.29, 0.717) is 0 Å². The first-order valence-electron chi connectivity index (χ1n) is 7.89. The second kappa shape index (κ2) is 7.41. The molecule has 0 aromatic heterocycles. The molecular weight excluding hydrogens is 371 g/mol. The summed E-state index contributed by atoms with van der Waals surface area (Å²) in [6, 6.07) is 1.00. The summed E-state index contributed by atoms with van der Waals surface area (Å²) >= 11 is 0. The first-order valence-corrected chi connectivity index (χ1v) is 7.89. The van der Waals surface area contributed by atoms with Crippen molar-refractivity contribution in [3.63, 3.8) is 0 Å². The number of ether oxygens (including phenoxy) is 2. The fourth-order valence-corrected chi connectivity index (χ4v) is 2.26. The third-order valence-corrected chi connectivity index (χ3v) is 3.44. The molecule has 0 spiro atoms. The number of nitrogens with zero attached hydrogens (tertiary/aromatic N) is 2. The smallest absolute Gasteiger partial charge is 0.415 e. The van der Waals surface area contributed by atoms with Crippen LogP contribution in [0.25, 0.3) is 0 Å².